The first-order valence-corrected chi connectivity index (χ1v) is 8.89. The SMILES string of the molecule is CCSc1cccc(N2CC3CCCC(N)C3C2)c1C#N. The molecule has 0 radical (unpaired) electrons. The highest BCUT2D eigenvalue weighted by molar-refractivity contribution is 7.99. The van der Waals surface area contributed by atoms with E-state index in [0.29, 0.717) is 17.9 Å². The van der Waals surface area contributed by atoms with Crippen LogP contribution in [-0.4, -0.2) is 24.9 Å². The number of hydrogen-bond donors (Lipinski definition) is 1. The lowest BCUT2D eigenvalue weighted by Crippen LogP contribution is -2.38. The fourth-order valence-corrected chi connectivity index (χ4v) is 4.66. The van der Waals surface area contributed by atoms with Crippen LogP contribution in [0.5, 0.6) is 0 Å². The summed E-state index contributed by atoms with van der Waals surface area (Å²) in [4.78, 5) is 3.51. The first kappa shape index (κ1) is 14.7. The zero-order valence-electron chi connectivity index (χ0n) is 12.6. The zero-order valence-corrected chi connectivity index (χ0v) is 13.4. The zero-order chi connectivity index (χ0) is 14.8. The van der Waals surface area contributed by atoms with Gasteiger partial charge in [-0.1, -0.05) is 19.4 Å². The van der Waals surface area contributed by atoms with E-state index in [4.69, 9.17) is 5.73 Å². The van der Waals surface area contributed by atoms with E-state index >= 15 is 0 Å². The summed E-state index contributed by atoms with van der Waals surface area (Å²) in [6.45, 7) is 4.20. The fraction of sp³-hybridized carbons (Fsp3) is 0.588. The molecule has 0 spiro atoms. The van der Waals surface area contributed by atoms with Crippen LogP contribution in [0.15, 0.2) is 23.1 Å². The third kappa shape index (κ3) is 2.77. The van der Waals surface area contributed by atoms with Crippen LogP contribution in [0.1, 0.15) is 31.7 Å². The molecule has 3 atom stereocenters. The Morgan fingerprint density at radius 2 is 2.24 bits per heavy atom. The van der Waals surface area contributed by atoms with Gasteiger partial charge in [0.15, 0.2) is 0 Å². The monoisotopic (exact) mass is 301 g/mol. The molecule has 1 aromatic rings. The van der Waals surface area contributed by atoms with Crippen molar-refractivity contribution in [2.24, 2.45) is 17.6 Å². The van der Waals surface area contributed by atoms with Crippen molar-refractivity contribution < 1.29 is 0 Å². The van der Waals surface area contributed by atoms with Crippen LogP contribution in [-0.2, 0) is 0 Å². The predicted octanol–water partition coefficient (Wildman–Crippen LogP) is 3.23. The molecule has 21 heavy (non-hydrogen) atoms. The molecule has 1 aromatic carbocycles. The van der Waals surface area contributed by atoms with Gasteiger partial charge in [0.05, 0.1) is 11.3 Å². The maximum absolute atomic E-state index is 9.58. The maximum Gasteiger partial charge on any atom is 0.103 e. The Morgan fingerprint density at radius 3 is 2.95 bits per heavy atom. The van der Waals surface area contributed by atoms with E-state index in [0.717, 1.165) is 41.4 Å². The highest BCUT2D eigenvalue weighted by atomic mass is 32.2. The van der Waals surface area contributed by atoms with Crippen molar-refractivity contribution in [1.29, 1.82) is 5.26 Å². The van der Waals surface area contributed by atoms with Crippen molar-refractivity contribution >= 4 is 17.4 Å². The van der Waals surface area contributed by atoms with Gasteiger partial charge in [0.25, 0.3) is 0 Å². The molecule has 1 heterocycles. The quantitative estimate of drug-likeness (QED) is 0.871. The molecule has 3 nitrogen and oxygen atoms in total. The van der Waals surface area contributed by atoms with Crippen LogP contribution in [0, 0.1) is 23.2 Å². The Balaban J connectivity index is 1.88. The van der Waals surface area contributed by atoms with Crippen molar-refractivity contribution in [1.82, 2.24) is 0 Å². The van der Waals surface area contributed by atoms with Crippen LogP contribution in [0.4, 0.5) is 5.69 Å². The van der Waals surface area contributed by atoms with Gasteiger partial charge in [-0.2, -0.15) is 5.26 Å². The number of anilines is 1. The smallest absolute Gasteiger partial charge is 0.103 e. The van der Waals surface area contributed by atoms with Crippen LogP contribution < -0.4 is 10.6 Å². The molecular weight excluding hydrogens is 278 g/mol. The Bertz CT molecular complexity index is 551. The summed E-state index contributed by atoms with van der Waals surface area (Å²) in [5.41, 5.74) is 8.27. The van der Waals surface area contributed by atoms with Gasteiger partial charge in [0.1, 0.15) is 6.07 Å². The van der Waals surface area contributed by atoms with Crippen molar-refractivity contribution in [2.45, 2.75) is 37.1 Å². The molecule has 1 saturated heterocycles. The molecule has 2 aliphatic rings. The van der Waals surface area contributed by atoms with E-state index in [9.17, 15) is 5.26 Å². The summed E-state index contributed by atoms with van der Waals surface area (Å²) in [7, 11) is 0. The summed E-state index contributed by atoms with van der Waals surface area (Å²) >= 11 is 1.75. The average Bonchev–Trinajstić information content (AvgIpc) is 2.93. The fourth-order valence-electron chi connectivity index (χ4n) is 3.88. The number of nitriles is 1. The molecule has 3 unspecified atom stereocenters. The average molecular weight is 301 g/mol. The van der Waals surface area contributed by atoms with E-state index in [1.165, 1.54) is 12.8 Å². The first-order chi connectivity index (χ1) is 10.2. The van der Waals surface area contributed by atoms with Gasteiger partial charge in [-0.3, -0.25) is 0 Å². The van der Waals surface area contributed by atoms with Gasteiger partial charge in [-0.15, -0.1) is 11.8 Å². The summed E-state index contributed by atoms with van der Waals surface area (Å²) in [6, 6.07) is 9.00. The minimum Gasteiger partial charge on any atom is -0.370 e. The molecule has 112 valence electrons. The van der Waals surface area contributed by atoms with Crippen LogP contribution >= 0.6 is 11.8 Å². The predicted molar refractivity (Wildman–Crippen MR) is 88.6 cm³/mol. The Kier molecular flexibility index (Phi) is 4.42. The molecule has 3 rings (SSSR count). The topological polar surface area (TPSA) is 53.0 Å². The van der Waals surface area contributed by atoms with E-state index in [1.807, 2.05) is 0 Å². The summed E-state index contributed by atoms with van der Waals surface area (Å²) < 4.78 is 0. The normalized spacial score (nSPS) is 28.2. The van der Waals surface area contributed by atoms with Gasteiger partial charge >= 0.3 is 0 Å². The summed E-state index contributed by atoms with van der Waals surface area (Å²) in [5, 5.41) is 9.58. The van der Waals surface area contributed by atoms with Gasteiger partial charge in [-0.05, 0) is 42.6 Å². The van der Waals surface area contributed by atoms with Crippen molar-refractivity contribution in [2.75, 3.05) is 23.7 Å². The van der Waals surface area contributed by atoms with Crippen molar-refractivity contribution in [3.63, 3.8) is 0 Å². The van der Waals surface area contributed by atoms with Crippen LogP contribution in [0.25, 0.3) is 0 Å². The lowest BCUT2D eigenvalue weighted by molar-refractivity contribution is 0.260. The number of nitrogens with two attached hydrogens (primary N) is 1. The lowest BCUT2D eigenvalue weighted by atomic mass is 9.78. The minimum atomic E-state index is 0.340. The van der Waals surface area contributed by atoms with Crippen LogP contribution in [0.2, 0.25) is 0 Å². The van der Waals surface area contributed by atoms with Gasteiger partial charge in [0.2, 0.25) is 0 Å². The highest BCUT2D eigenvalue weighted by Gasteiger charge is 2.39. The molecule has 4 heteroatoms. The standard InChI is InChI=1S/C17H23N3S/c1-2-21-17-8-4-7-16(13(17)9-18)20-10-12-5-3-6-15(19)14(12)11-20/h4,7-8,12,14-15H,2-3,5-6,10-11,19H2,1H3. The van der Waals surface area contributed by atoms with E-state index in [-0.39, 0.29) is 0 Å². The molecule has 0 bridgehead atoms. The molecule has 1 aliphatic carbocycles. The number of fused-ring (bicyclic) bond motifs is 1. The van der Waals surface area contributed by atoms with Gasteiger partial charge < -0.3 is 10.6 Å². The third-order valence-corrected chi connectivity index (χ3v) is 5.85. The van der Waals surface area contributed by atoms with Crippen LogP contribution in [0.3, 0.4) is 0 Å². The maximum atomic E-state index is 9.58. The molecule has 0 amide bonds. The van der Waals surface area contributed by atoms with E-state index < -0.39 is 0 Å². The van der Waals surface area contributed by atoms with Crippen molar-refractivity contribution in [3.05, 3.63) is 23.8 Å². The van der Waals surface area contributed by atoms with E-state index in [1.54, 1.807) is 11.8 Å². The second-order valence-electron chi connectivity index (χ2n) is 6.12. The molecule has 0 aromatic heterocycles. The molecule has 2 fully saturated rings. The largest absolute Gasteiger partial charge is 0.370 e. The second kappa shape index (κ2) is 6.29. The molecule has 1 aliphatic heterocycles. The molecular formula is C17H23N3S. The number of rotatable bonds is 3. The number of thioether (sulfide) groups is 1. The third-order valence-electron chi connectivity index (χ3n) is 4.91. The van der Waals surface area contributed by atoms with Gasteiger partial charge in [0, 0.05) is 24.0 Å². The first-order valence-electron chi connectivity index (χ1n) is 7.91. The Hall–Kier alpha value is -1.18. The Morgan fingerprint density at radius 1 is 1.38 bits per heavy atom. The minimum absolute atomic E-state index is 0.340. The van der Waals surface area contributed by atoms with Gasteiger partial charge in [-0.25, -0.2) is 0 Å². The van der Waals surface area contributed by atoms with Crippen molar-refractivity contribution in [3.8, 4) is 6.07 Å². The number of hydrogen-bond acceptors (Lipinski definition) is 4. The lowest BCUT2D eigenvalue weighted by Gasteiger charge is -2.29. The highest BCUT2D eigenvalue weighted by Crippen LogP contribution is 2.39. The van der Waals surface area contributed by atoms with E-state index in [2.05, 4.69) is 36.1 Å². The number of benzene rings is 1. The number of nitrogens with zero attached hydrogens (tertiary/aromatic N) is 2. The Labute approximate surface area is 131 Å². The second-order valence-corrected chi connectivity index (χ2v) is 7.42. The molecule has 2 N–H and O–H groups in total. The summed E-state index contributed by atoms with van der Waals surface area (Å²) in [6.07, 6.45) is 3.71. The molecule has 1 saturated carbocycles. The summed E-state index contributed by atoms with van der Waals surface area (Å²) in [5.74, 6) is 2.31.